The Kier molecular flexibility index (Phi) is 6.87. The van der Waals surface area contributed by atoms with Gasteiger partial charge in [-0.1, -0.05) is 35.5 Å². The molecule has 0 atom stereocenters. The molecule has 0 bridgehead atoms. The number of ketones is 1. The van der Waals surface area contributed by atoms with Gasteiger partial charge in [0.2, 0.25) is 11.7 Å². The molecule has 0 aliphatic carbocycles. The summed E-state index contributed by atoms with van der Waals surface area (Å²) in [6, 6.07) is 14.9. The van der Waals surface area contributed by atoms with Crippen molar-refractivity contribution in [3.63, 3.8) is 0 Å². The summed E-state index contributed by atoms with van der Waals surface area (Å²) in [4.78, 5) is 33.0. The number of amides is 1. The van der Waals surface area contributed by atoms with Crippen molar-refractivity contribution in [2.75, 3.05) is 45.3 Å². The van der Waals surface area contributed by atoms with Crippen LogP contribution in [-0.4, -0.2) is 67.1 Å². The molecule has 1 saturated heterocycles. The van der Waals surface area contributed by atoms with E-state index in [9.17, 15) is 9.59 Å². The van der Waals surface area contributed by atoms with E-state index in [1.54, 1.807) is 43.4 Å². The maximum atomic E-state index is 12.6. The summed E-state index contributed by atoms with van der Waals surface area (Å²) in [6.45, 7) is 2.22. The highest BCUT2D eigenvalue weighted by Crippen LogP contribution is 2.31. The van der Waals surface area contributed by atoms with E-state index in [1.165, 1.54) is 0 Å². The number of rotatable bonds is 8. The number of hydrogen-bond donors (Lipinski definition) is 0. The quantitative estimate of drug-likeness (QED) is 0.483. The maximum Gasteiger partial charge on any atom is 0.324 e. The van der Waals surface area contributed by atoms with Crippen LogP contribution in [0.4, 0.5) is 6.01 Å². The molecule has 33 heavy (non-hydrogen) atoms. The molecule has 1 amide bonds. The second-order valence-corrected chi connectivity index (χ2v) is 7.63. The summed E-state index contributed by atoms with van der Waals surface area (Å²) in [7, 11) is 3.15. The summed E-state index contributed by atoms with van der Waals surface area (Å²) in [5.74, 6) is 1.62. The fourth-order valence-electron chi connectivity index (χ4n) is 3.73. The number of anilines is 1. The van der Waals surface area contributed by atoms with Crippen molar-refractivity contribution in [1.29, 1.82) is 0 Å². The monoisotopic (exact) mass is 450 g/mol. The van der Waals surface area contributed by atoms with E-state index in [2.05, 4.69) is 10.1 Å². The van der Waals surface area contributed by atoms with Crippen LogP contribution >= 0.6 is 0 Å². The lowest BCUT2D eigenvalue weighted by Gasteiger charge is -2.33. The zero-order chi connectivity index (χ0) is 23.2. The first-order valence-electron chi connectivity index (χ1n) is 10.8. The predicted molar refractivity (Wildman–Crippen MR) is 122 cm³/mol. The number of nitrogens with zero attached hydrogens (tertiary/aromatic N) is 4. The molecule has 2 aromatic carbocycles. The Hall–Kier alpha value is -3.88. The van der Waals surface area contributed by atoms with Crippen molar-refractivity contribution in [3.8, 4) is 22.9 Å². The van der Waals surface area contributed by atoms with Gasteiger partial charge in [0, 0.05) is 50.1 Å². The highest BCUT2D eigenvalue weighted by atomic mass is 16.5. The van der Waals surface area contributed by atoms with Crippen molar-refractivity contribution < 1.29 is 23.6 Å². The second kappa shape index (κ2) is 10.2. The lowest BCUT2D eigenvalue weighted by molar-refractivity contribution is -0.131. The van der Waals surface area contributed by atoms with E-state index < -0.39 is 0 Å². The molecule has 0 saturated carbocycles. The van der Waals surface area contributed by atoms with Crippen LogP contribution in [0.2, 0.25) is 0 Å². The third-order valence-electron chi connectivity index (χ3n) is 5.62. The highest BCUT2D eigenvalue weighted by Gasteiger charge is 2.25. The van der Waals surface area contributed by atoms with E-state index in [0.717, 1.165) is 5.56 Å². The first kappa shape index (κ1) is 22.3. The number of methoxy groups -OCH3 is 2. The normalized spacial score (nSPS) is 13.6. The smallest absolute Gasteiger partial charge is 0.324 e. The van der Waals surface area contributed by atoms with Crippen molar-refractivity contribution in [2.45, 2.75) is 12.8 Å². The lowest BCUT2D eigenvalue weighted by Crippen LogP contribution is -2.49. The molecule has 9 nitrogen and oxygen atoms in total. The van der Waals surface area contributed by atoms with Gasteiger partial charge in [0.25, 0.3) is 0 Å². The van der Waals surface area contributed by atoms with Crippen LogP contribution in [0.3, 0.4) is 0 Å². The van der Waals surface area contributed by atoms with Crippen LogP contribution in [0.1, 0.15) is 23.2 Å². The molecular weight excluding hydrogens is 424 g/mol. The van der Waals surface area contributed by atoms with Crippen LogP contribution < -0.4 is 14.4 Å². The molecule has 1 fully saturated rings. The molecule has 172 valence electrons. The van der Waals surface area contributed by atoms with Gasteiger partial charge in [0.05, 0.1) is 14.2 Å². The Labute approximate surface area is 191 Å². The summed E-state index contributed by atoms with van der Waals surface area (Å²) in [6.07, 6.45) is 0.416. The molecule has 0 radical (unpaired) electrons. The number of carbonyl (C=O) groups excluding carboxylic acids is 2. The first-order valence-corrected chi connectivity index (χ1v) is 10.8. The van der Waals surface area contributed by atoms with Gasteiger partial charge in [-0.05, 0) is 18.2 Å². The van der Waals surface area contributed by atoms with Gasteiger partial charge in [-0.3, -0.25) is 9.59 Å². The standard InChI is InChI=1S/C24H26N4O5/c1-31-20-10-8-18(16-21(20)32-2)23-25-24(33-26-23)28-14-12-27(13-15-28)22(30)11-9-19(29)17-6-4-3-5-7-17/h3-8,10,16H,9,11-15H2,1-2H3. The maximum absolute atomic E-state index is 12.6. The van der Waals surface area contributed by atoms with E-state index in [0.29, 0.717) is 55.1 Å². The van der Waals surface area contributed by atoms with Gasteiger partial charge in [0.1, 0.15) is 0 Å². The number of hydrogen-bond acceptors (Lipinski definition) is 8. The molecule has 0 unspecified atom stereocenters. The Bertz CT molecular complexity index is 1110. The van der Waals surface area contributed by atoms with E-state index >= 15 is 0 Å². The number of ether oxygens (including phenoxy) is 2. The van der Waals surface area contributed by atoms with Gasteiger partial charge < -0.3 is 23.8 Å². The number of aromatic nitrogens is 2. The van der Waals surface area contributed by atoms with E-state index in [-0.39, 0.29) is 24.5 Å². The third kappa shape index (κ3) is 5.14. The average molecular weight is 450 g/mol. The minimum absolute atomic E-state index is 0.0175. The van der Waals surface area contributed by atoms with Gasteiger partial charge in [-0.25, -0.2) is 0 Å². The molecule has 1 aliphatic rings. The summed E-state index contributed by atoms with van der Waals surface area (Å²) < 4.78 is 16.1. The fourth-order valence-corrected chi connectivity index (χ4v) is 3.73. The third-order valence-corrected chi connectivity index (χ3v) is 5.62. The number of piperazine rings is 1. The van der Waals surface area contributed by atoms with Crippen molar-refractivity contribution in [1.82, 2.24) is 15.0 Å². The molecule has 4 rings (SSSR count). The predicted octanol–water partition coefficient (Wildman–Crippen LogP) is 3.07. The molecule has 0 N–H and O–H groups in total. The van der Waals surface area contributed by atoms with Crippen LogP contribution in [0.15, 0.2) is 53.1 Å². The largest absolute Gasteiger partial charge is 0.493 e. The van der Waals surface area contributed by atoms with Crippen molar-refractivity contribution in [2.24, 2.45) is 0 Å². The molecule has 0 spiro atoms. The Morgan fingerprint density at radius 3 is 2.36 bits per heavy atom. The van der Waals surface area contributed by atoms with Crippen LogP contribution in [0.5, 0.6) is 11.5 Å². The molecular formula is C24H26N4O5. The van der Waals surface area contributed by atoms with Gasteiger partial charge in [-0.2, -0.15) is 4.98 Å². The Morgan fingerprint density at radius 2 is 1.67 bits per heavy atom. The summed E-state index contributed by atoms with van der Waals surface area (Å²) >= 11 is 0. The highest BCUT2D eigenvalue weighted by molar-refractivity contribution is 5.97. The number of Topliss-reactive ketones (excluding diaryl/α,β-unsaturated/α-hetero) is 1. The van der Waals surface area contributed by atoms with E-state index in [1.807, 2.05) is 29.2 Å². The zero-order valence-electron chi connectivity index (χ0n) is 18.7. The summed E-state index contributed by atoms with van der Waals surface area (Å²) in [5.41, 5.74) is 1.39. The van der Waals surface area contributed by atoms with Gasteiger partial charge in [0.15, 0.2) is 17.3 Å². The van der Waals surface area contributed by atoms with E-state index in [4.69, 9.17) is 14.0 Å². The van der Waals surface area contributed by atoms with Crippen LogP contribution in [0, 0.1) is 0 Å². The SMILES string of the molecule is COc1ccc(-c2noc(N3CCN(C(=O)CCC(=O)c4ccccc4)CC3)n2)cc1OC. The van der Waals surface area contributed by atoms with Crippen LogP contribution in [0.25, 0.3) is 11.4 Å². The van der Waals surface area contributed by atoms with Crippen molar-refractivity contribution in [3.05, 3.63) is 54.1 Å². The Balaban J connectivity index is 1.31. The topological polar surface area (TPSA) is 98.0 Å². The van der Waals surface area contributed by atoms with Gasteiger partial charge in [-0.15, -0.1) is 0 Å². The molecule has 1 aromatic heterocycles. The van der Waals surface area contributed by atoms with Gasteiger partial charge >= 0.3 is 6.01 Å². The number of carbonyl (C=O) groups is 2. The molecule has 1 aliphatic heterocycles. The fraction of sp³-hybridized carbons (Fsp3) is 0.333. The minimum atomic E-state index is -0.0181. The zero-order valence-corrected chi connectivity index (χ0v) is 18.7. The Morgan fingerprint density at radius 1 is 0.939 bits per heavy atom. The average Bonchev–Trinajstić information content (AvgIpc) is 3.37. The minimum Gasteiger partial charge on any atom is -0.493 e. The summed E-state index contributed by atoms with van der Waals surface area (Å²) in [5, 5.41) is 4.08. The lowest BCUT2D eigenvalue weighted by atomic mass is 10.1. The number of benzene rings is 2. The molecule has 2 heterocycles. The first-order chi connectivity index (χ1) is 16.1. The molecule has 3 aromatic rings. The van der Waals surface area contributed by atoms with Crippen molar-refractivity contribution >= 4 is 17.7 Å². The van der Waals surface area contributed by atoms with Crippen LogP contribution in [-0.2, 0) is 4.79 Å². The molecule has 9 heteroatoms. The second-order valence-electron chi connectivity index (χ2n) is 7.63.